The summed E-state index contributed by atoms with van der Waals surface area (Å²) in [7, 11) is 3.51. The van der Waals surface area contributed by atoms with Gasteiger partial charge in [-0.25, -0.2) is 0 Å². The number of ether oxygens (including phenoxy) is 1. The van der Waals surface area contributed by atoms with Crippen molar-refractivity contribution in [2.45, 2.75) is 31.7 Å². The van der Waals surface area contributed by atoms with Crippen molar-refractivity contribution in [1.29, 1.82) is 0 Å². The Morgan fingerprint density at radius 2 is 2.32 bits per heavy atom. The molecule has 0 aromatic carbocycles. The maximum Gasteiger partial charge on any atom is 0.262 e. The average Bonchev–Trinajstić information content (AvgIpc) is 3.12. The van der Waals surface area contributed by atoms with Crippen LogP contribution in [0, 0.1) is 0 Å². The molecule has 3 rings (SSSR count). The Morgan fingerprint density at radius 1 is 1.50 bits per heavy atom. The van der Waals surface area contributed by atoms with Crippen LogP contribution in [0.1, 0.15) is 45.4 Å². The maximum atomic E-state index is 12.7. The van der Waals surface area contributed by atoms with Crippen LogP contribution in [-0.2, 0) is 24.6 Å². The number of fused-ring (bicyclic) bond motifs is 1. The summed E-state index contributed by atoms with van der Waals surface area (Å²) >= 11 is 1.56. The number of hydrogen-bond donors (Lipinski definition) is 1. The summed E-state index contributed by atoms with van der Waals surface area (Å²) in [5.41, 5.74) is 3.54. The molecule has 0 spiro atoms. The summed E-state index contributed by atoms with van der Waals surface area (Å²) in [6.07, 6.45) is 6.25. The molecule has 0 unspecified atom stereocenters. The zero-order chi connectivity index (χ0) is 15.5. The molecule has 0 fully saturated rings. The van der Waals surface area contributed by atoms with Crippen molar-refractivity contribution < 1.29 is 9.53 Å². The van der Waals surface area contributed by atoms with Crippen LogP contribution in [0.2, 0.25) is 0 Å². The molecule has 118 valence electrons. The van der Waals surface area contributed by atoms with E-state index in [2.05, 4.69) is 15.8 Å². The minimum absolute atomic E-state index is 0.00333. The quantitative estimate of drug-likeness (QED) is 0.921. The van der Waals surface area contributed by atoms with Gasteiger partial charge in [0.05, 0.1) is 23.2 Å². The Labute approximate surface area is 134 Å². The normalized spacial score (nSPS) is 15.4. The molecule has 2 heterocycles. The molecule has 1 N–H and O–H groups in total. The summed E-state index contributed by atoms with van der Waals surface area (Å²) in [6, 6.07) is 1.72. The van der Waals surface area contributed by atoms with Crippen LogP contribution in [0.5, 0.6) is 0 Å². The lowest BCUT2D eigenvalue weighted by molar-refractivity contribution is 0.0895. The summed E-state index contributed by atoms with van der Waals surface area (Å²) in [5, 5.41) is 9.41. The van der Waals surface area contributed by atoms with Gasteiger partial charge < -0.3 is 10.1 Å². The number of nitrogens with zero attached hydrogens (tertiary/aromatic N) is 2. The van der Waals surface area contributed by atoms with E-state index < -0.39 is 0 Å². The maximum absolute atomic E-state index is 12.7. The summed E-state index contributed by atoms with van der Waals surface area (Å²) < 4.78 is 7.03. The van der Waals surface area contributed by atoms with Gasteiger partial charge in [-0.05, 0) is 48.3 Å². The van der Waals surface area contributed by atoms with Crippen molar-refractivity contribution in [2.24, 2.45) is 7.05 Å². The Morgan fingerprint density at radius 3 is 3.05 bits per heavy atom. The summed E-state index contributed by atoms with van der Waals surface area (Å²) in [5.74, 6) is -0.00333. The van der Waals surface area contributed by atoms with Crippen LogP contribution in [0.25, 0.3) is 0 Å². The van der Waals surface area contributed by atoms with Crippen LogP contribution in [0.15, 0.2) is 17.6 Å². The highest BCUT2D eigenvalue weighted by Crippen LogP contribution is 2.30. The van der Waals surface area contributed by atoms with Crippen molar-refractivity contribution >= 4 is 17.2 Å². The summed E-state index contributed by atoms with van der Waals surface area (Å²) in [6.45, 7) is 0.429. The largest absolute Gasteiger partial charge is 0.382 e. The Hall–Kier alpha value is -1.66. The van der Waals surface area contributed by atoms with Gasteiger partial charge >= 0.3 is 0 Å². The van der Waals surface area contributed by atoms with Crippen LogP contribution in [0.4, 0.5) is 0 Å². The Kier molecular flexibility index (Phi) is 4.59. The number of aromatic nitrogens is 2. The van der Waals surface area contributed by atoms with E-state index in [4.69, 9.17) is 4.74 Å². The third-order valence-electron chi connectivity index (χ3n) is 4.16. The van der Waals surface area contributed by atoms with Gasteiger partial charge in [0.1, 0.15) is 0 Å². The highest BCUT2D eigenvalue weighted by atomic mass is 32.1. The molecule has 1 amide bonds. The number of thiophene rings is 1. The van der Waals surface area contributed by atoms with Crippen molar-refractivity contribution in [2.75, 3.05) is 13.7 Å². The SMILES string of the molecule is COC[C@H](NC(=O)c1scc2c1CCCC2)c1ccnn1C. The van der Waals surface area contributed by atoms with Gasteiger partial charge in [0.2, 0.25) is 0 Å². The number of amides is 1. The molecule has 2 aromatic rings. The predicted octanol–water partition coefficient (Wildman–Crippen LogP) is 2.48. The average molecular weight is 319 g/mol. The smallest absolute Gasteiger partial charge is 0.262 e. The second kappa shape index (κ2) is 6.62. The second-order valence-electron chi connectivity index (χ2n) is 5.64. The van der Waals surface area contributed by atoms with Gasteiger partial charge in [-0.3, -0.25) is 9.48 Å². The first-order chi connectivity index (χ1) is 10.7. The van der Waals surface area contributed by atoms with Crippen molar-refractivity contribution in [3.05, 3.63) is 39.3 Å². The van der Waals surface area contributed by atoms with Crippen LogP contribution < -0.4 is 5.32 Å². The van der Waals surface area contributed by atoms with Gasteiger partial charge in [0.25, 0.3) is 5.91 Å². The molecule has 22 heavy (non-hydrogen) atoms. The minimum Gasteiger partial charge on any atom is -0.382 e. The number of aryl methyl sites for hydroxylation is 2. The van der Waals surface area contributed by atoms with Crippen molar-refractivity contribution in [3.8, 4) is 0 Å². The molecule has 0 bridgehead atoms. The fraction of sp³-hybridized carbons (Fsp3) is 0.500. The first kappa shape index (κ1) is 15.2. The Bertz CT molecular complexity index is 662. The molecule has 0 saturated carbocycles. The lowest BCUT2D eigenvalue weighted by Crippen LogP contribution is -2.32. The Balaban J connectivity index is 1.80. The van der Waals surface area contributed by atoms with Gasteiger partial charge in [-0.1, -0.05) is 0 Å². The van der Waals surface area contributed by atoms with Crippen molar-refractivity contribution in [3.63, 3.8) is 0 Å². The highest BCUT2D eigenvalue weighted by Gasteiger charge is 2.24. The molecule has 0 aliphatic heterocycles. The van der Waals surface area contributed by atoms with E-state index in [1.807, 2.05) is 13.1 Å². The molecule has 0 radical (unpaired) electrons. The standard InChI is InChI=1S/C16H21N3O2S/c1-19-14(7-8-17-19)13(9-21-2)18-16(20)15-12-6-4-3-5-11(12)10-22-15/h7-8,10,13H,3-6,9H2,1-2H3,(H,18,20)/t13-/m0/s1. The molecule has 1 aliphatic rings. The lowest BCUT2D eigenvalue weighted by Gasteiger charge is -2.19. The topological polar surface area (TPSA) is 56.1 Å². The van der Waals surface area contributed by atoms with E-state index >= 15 is 0 Å². The van der Waals surface area contributed by atoms with Crippen LogP contribution in [0.3, 0.4) is 0 Å². The fourth-order valence-corrected chi connectivity index (χ4v) is 4.09. The number of nitrogens with one attached hydrogen (secondary N) is 1. The van der Waals surface area contributed by atoms with Gasteiger partial charge in [0.15, 0.2) is 0 Å². The van der Waals surface area contributed by atoms with E-state index in [0.717, 1.165) is 23.4 Å². The molecule has 6 heteroatoms. The third kappa shape index (κ3) is 2.94. The lowest BCUT2D eigenvalue weighted by atomic mass is 9.94. The van der Waals surface area contributed by atoms with E-state index in [9.17, 15) is 4.79 Å². The zero-order valence-corrected chi connectivity index (χ0v) is 13.8. The molecule has 2 aromatic heterocycles. The number of methoxy groups -OCH3 is 1. The van der Waals surface area contributed by atoms with E-state index in [-0.39, 0.29) is 11.9 Å². The van der Waals surface area contributed by atoms with Crippen LogP contribution >= 0.6 is 11.3 Å². The third-order valence-corrected chi connectivity index (χ3v) is 5.23. The molecular formula is C16H21N3O2S. The number of carbonyl (C=O) groups is 1. The highest BCUT2D eigenvalue weighted by molar-refractivity contribution is 7.12. The van der Waals surface area contributed by atoms with Gasteiger partial charge in [0, 0.05) is 20.4 Å². The summed E-state index contributed by atoms with van der Waals surface area (Å²) in [4.78, 5) is 13.5. The predicted molar refractivity (Wildman–Crippen MR) is 86.3 cm³/mol. The van der Waals surface area contributed by atoms with E-state index in [0.29, 0.717) is 6.61 Å². The monoisotopic (exact) mass is 319 g/mol. The number of hydrogen-bond acceptors (Lipinski definition) is 4. The van der Waals surface area contributed by atoms with Gasteiger partial charge in [-0.2, -0.15) is 5.10 Å². The van der Waals surface area contributed by atoms with E-state index in [1.165, 1.54) is 24.0 Å². The molecule has 0 saturated heterocycles. The minimum atomic E-state index is -0.189. The fourth-order valence-electron chi connectivity index (χ4n) is 3.03. The molecule has 5 nitrogen and oxygen atoms in total. The van der Waals surface area contributed by atoms with Gasteiger partial charge in [-0.15, -0.1) is 11.3 Å². The number of rotatable bonds is 5. The van der Waals surface area contributed by atoms with Crippen LogP contribution in [-0.4, -0.2) is 29.4 Å². The molecular weight excluding hydrogens is 298 g/mol. The number of carbonyl (C=O) groups excluding carboxylic acids is 1. The molecule has 1 aliphatic carbocycles. The first-order valence-electron chi connectivity index (χ1n) is 7.57. The second-order valence-corrected chi connectivity index (χ2v) is 6.52. The van der Waals surface area contributed by atoms with Crippen molar-refractivity contribution in [1.82, 2.24) is 15.1 Å². The molecule has 1 atom stereocenters. The van der Waals surface area contributed by atoms with E-state index in [1.54, 1.807) is 29.3 Å². The zero-order valence-electron chi connectivity index (χ0n) is 13.0. The first-order valence-corrected chi connectivity index (χ1v) is 8.45.